The molecule has 0 radical (unpaired) electrons. The van der Waals surface area contributed by atoms with Gasteiger partial charge >= 0.3 is 0 Å². The van der Waals surface area contributed by atoms with Crippen molar-refractivity contribution >= 4 is 23.4 Å². The van der Waals surface area contributed by atoms with Gasteiger partial charge in [0.25, 0.3) is 5.91 Å². The van der Waals surface area contributed by atoms with E-state index in [2.05, 4.69) is 21.9 Å². The Morgan fingerprint density at radius 3 is 2.89 bits per heavy atom. The first kappa shape index (κ1) is 15.8. The highest BCUT2D eigenvalue weighted by Crippen LogP contribution is 2.16. The smallest absolute Gasteiger partial charge is 0.255 e. The Labute approximate surface area is 119 Å². The van der Waals surface area contributed by atoms with Crippen molar-refractivity contribution in [2.75, 3.05) is 23.9 Å². The molecule has 1 aromatic heterocycles. The van der Waals surface area contributed by atoms with E-state index in [0.717, 1.165) is 30.1 Å². The number of aryl methyl sites for hydroxylation is 1. The number of hydrogen-bond donors (Lipinski definition) is 2. The minimum atomic E-state index is -0.0583. The van der Waals surface area contributed by atoms with Crippen molar-refractivity contribution in [1.82, 2.24) is 10.3 Å². The van der Waals surface area contributed by atoms with Gasteiger partial charge in [0.2, 0.25) is 0 Å². The normalized spacial score (nSPS) is 12.0. The Bertz CT molecular complexity index is 423. The summed E-state index contributed by atoms with van der Waals surface area (Å²) in [6.45, 7) is 6.75. The largest absolute Gasteiger partial charge is 0.385 e. The number of rotatable bonds is 7. The number of carbonyl (C=O) groups is 1. The molecule has 1 rings (SSSR count). The van der Waals surface area contributed by atoms with Crippen LogP contribution in [0.2, 0.25) is 0 Å². The van der Waals surface area contributed by atoms with Crippen LogP contribution < -0.4 is 10.6 Å². The quantitative estimate of drug-likeness (QED) is 0.807. The second-order valence-corrected chi connectivity index (χ2v) is 5.54. The summed E-state index contributed by atoms with van der Waals surface area (Å²) in [4.78, 5) is 16.4. The predicted molar refractivity (Wildman–Crippen MR) is 83.1 cm³/mol. The lowest BCUT2D eigenvalue weighted by molar-refractivity contribution is 0.0940. The number of anilines is 1. The minimum absolute atomic E-state index is 0.0583. The Kier molecular flexibility index (Phi) is 6.70. The highest BCUT2D eigenvalue weighted by molar-refractivity contribution is 7.98. The Balaban J connectivity index is 2.75. The molecule has 0 aliphatic carbocycles. The van der Waals surface area contributed by atoms with Gasteiger partial charge < -0.3 is 10.6 Å². The molecule has 2 N–H and O–H groups in total. The van der Waals surface area contributed by atoms with Crippen LogP contribution in [0, 0.1) is 6.92 Å². The molecule has 1 amide bonds. The van der Waals surface area contributed by atoms with E-state index in [-0.39, 0.29) is 11.9 Å². The van der Waals surface area contributed by atoms with E-state index in [1.165, 1.54) is 0 Å². The number of aromatic nitrogens is 1. The molecular weight excluding hydrogens is 258 g/mol. The van der Waals surface area contributed by atoms with Crippen LogP contribution >= 0.6 is 11.8 Å². The molecule has 1 unspecified atom stereocenters. The molecule has 0 aliphatic heterocycles. The molecule has 0 aromatic carbocycles. The lowest BCUT2D eigenvalue weighted by atomic mass is 10.1. The zero-order chi connectivity index (χ0) is 14.3. The maximum Gasteiger partial charge on any atom is 0.255 e. The van der Waals surface area contributed by atoms with Gasteiger partial charge in [0.05, 0.1) is 11.3 Å². The van der Waals surface area contributed by atoms with Crippen molar-refractivity contribution in [3.05, 3.63) is 23.5 Å². The molecule has 0 bridgehead atoms. The zero-order valence-electron chi connectivity index (χ0n) is 12.1. The van der Waals surface area contributed by atoms with Gasteiger partial charge in [-0.2, -0.15) is 11.8 Å². The van der Waals surface area contributed by atoms with E-state index in [0.29, 0.717) is 5.56 Å². The van der Waals surface area contributed by atoms with Gasteiger partial charge in [-0.05, 0) is 45.3 Å². The number of thioether (sulfide) groups is 1. The summed E-state index contributed by atoms with van der Waals surface area (Å²) in [6.07, 6.45) is 4.69. The van der Waals surface area contributed by atoms with Crippen molar-refractivity contribution in [2.24, 2.45) is 0 Å². The fourth-order valence-corrected chi connectivity index (χ4v) is 2.34. The van der Waals surface area contributed by atoms with Gasteiger partial charge in [-0.3, -0.25) is 9.78 Å². The van der Waals surface area contributed by atoms with E-state index in [1.807, 2.05) is 26.8 Å². The topological polar surface area (TPSA) is 54.0 Å². The molecule has 0 saturated heterocycles. The molecular formula is C14H23N3OS. The second-order valence-electron chi connectivity index (χ2n) is 4.56. The minimum Gasteiger partial charge on any atom is -0.385 e. The Morgan fingerprint density at radius 1 is 1.53 bits per heavy atom. The van der Waals surface area contributed by atoms with E-state index < -0.39 is 0 Å². The van der Waals surface area contributed by atoms with E-state index in [9.17, 15) is 4.79 Å². The summed E-state index contributed by atoms with van der Waals surface area (Å²) in [5.41, 5.74) is 2.37. The van der Waals surface area contributed by atoms with Crippen molar-refractivity contribution in [3.8, 4) is 0 Å². The van der Waals surface area contributed by atoms with Gasteiger partial charge in [-0.1, -0.05) is 0 Å². The number of amides is 1. The molecule has 106 valence electrons. The van der Waals surface area contributed by atoms with Crippen molar-refractivity contribution < 1.29 is 4.79 Å². The summed E-state index contributed by atoms with van der Waals surface area (Å²) in [6, 6.07) is 2.08. The summed E-state index contributed by atoms with van der Waals surface area (Å²) < 4.78 is 0. The average Bonchev–Trinajstić information content (AvgIpc) is 2.36. The maximum atomic E-state index is 12.2. The summed E-state index contributed by atoms with van der Waals surface area (Å²) in [7, 11) is 0. The molecule has 0 aliphatic rings. The molecule has 1 aromatic rings. The first-order valence-electron chi connectivity index (χ1n) is 6.58. The molecule has 0 fully saturated rings. The molecule has 5 heteroatoms. The Hall–Kier alpha value is -1.23. The van der Waals surface area contributed by atoms with E-state index in [4.69, 9.17) is 0 Å². The molecule has 19 heavy (non-hydrogen) atoms. The fraction of sp³-hybridized carbons (Fsp3) is 0.571. The van der Waals surface area contributed by atoms with Gasteiger partial charge in [-0.25, -0.2) is 0 Å². The average molecular weight is 281 g/mol. The third-order valence-electron chi connectivity index (χ3n) is 2.79. The first-order valence-corrected chi connectivity index (χ1v) is 7.98. The van der Waals surface area contributed by atoms with Crippen LogP contribution in [0.25, 0.3) is 0 Å². The van der Waals surface area contributed by atoms with Crippen LogP contribution in [0.5, 0.6) is 0 Å². The monoisotopic (exact) mass is 281 g/mol. The molecule has 0 spiro atoms. The van der Waals surface area contributed by atoms with Crippen LogP contribution in [-0.4, -0.2) is 35.5 Å². The summed E-state index contributed by atoms with van der Waals surface area (Å²) in [5.74, 6) is 0.991. The highest BCUT2D eigenvalue weighted by Gasteiger charge is 2.14. The van der Waals surface area contributed by atoms with Gasteiger partial charge in [0, 0.05) is 24.5 Å². The maximum absolute atomic E-state index is 12.2. The lowest BCUT2D eigenvalue weighted by Gasteiger charge is -2.15. The standard InChI is InChI=1S/C14H23N3OS/c1-5-15-13-8-11(3)16-9-12(13)14(18)17-10(2)6-7-19-4/h8-10H,5-7H2,1-4H3,(H,15,16)(H,17,18). The van der Waals surface area contributed by atoms with Gasteiger partial charge in [0.15, 0.2) is 0 Å². The number of pyridine rings is 1. The molecule has 1 atom stereocenters. The van der Waals surface area contributed by atoms with E-state index >= 15 is 0 Å². The molecule has 4 nitrogen and oxygen atoms in total. The first-order chi connectivity index (χ1) is 9.08. The van der Waals surface area contributed by atoms with Crippen LogP contribution in [-0.2, 0) is 0 Å². The lowest BCUT2D eigenvalue weighted by Crippen LogP contribution is -2.33. The van der Waals surface area contributed by atoms with E-state index in [1.54, 1.807) is 18.0 Å². The summed E-state index contributed by atoms with van der Waals surface area (Å²) in [5, 5.41) is 6.23. The van der Waals surface area contributed by atoms with Crippen LogP contribution in [0.4, 0.5) is 5.69 Å². The fourth-order valence-electron chi connectivity index (χ4n) is 1.75. The number of hydrogen-bond acceptors (Lipinski definition) is 4. The van der Waals surface area contributed by atoms with Gasteiger partial charge in [-0.15, -0.1) is 0 Å². The molecule has 1 heterocycles. The third kappa shape index (κ3) is 5.11. The second kappa shape index (κ2) is 8.04. The number of nitrogens with zero attached hydrogens (tertiary/aromatic N) is 1. The number of carbonyl (C=O) groups excluding carboxylic acids is 1. The van der Waals surface area contributed by atoms with Crippen LogP contribution in [0.15, 0.2) is 12.3 Å². The van der Waals surface area contributed by atoms with Crippen LogP contribution in [0.3, 0.4) is 0 Å². The summed E-state index contributed by atoms with van der Waals surface area (Å²) >= 11 is 1.79. The van der Waals surface area contributed by atoms with Crippen molar-refractivity contribution in [3.63, 3.8) is 0 Å². The molecule has 0 saturated carbocycles. The van der Waals surface area contributed by atoms with Crippen molar-refractivity contribution in [1.29, 1.82) is 0 Å². The van der Waals surface area contributed by atoms with Gasteiger partial charge in [0.1, 0.15) is 0 Å². The SMILES string of the molecule is CCNc1cc(C)ncc1C(=O)NC(C)CCSC. The highest BCUT2D eigenvalue weighted by atomic mass is 32.2. The predicted octanol–water partition coefficient (Wildman–Crippen LogP) is 2.69. The van der Waals surface area contributed by atoms with Crippen molar-refractivity contribution in [2.45, 2.75) is 33.2 Å². The Morgan fingerprint density at radius 2 is 2.26 bits per heavy atom. The van der Waals surface area contributed by atoms with Crippen LogP contribution in [0.1, 0.15) is 36.3 Å². The third-order valence-corrected chi connectivity index (χ3v) is 3.43. The number of nitrogens with one attached hydrogen (secondary N) is 2. The zero-order valence-corrected chi connectivity index (χ0v) is 12.9.